The molecule has 316 valence electrons. The van der Waals surface area contributed by atoms with Crippen LogP contribution in [0.1, 0.15) is 75.6 Å². The molecule has 65 heavy (non-hydrogen) atoms. The lowest BCUT2D eigenvalue weighted by Gasteiger charge is -2.32. The van der Waals surface area contributed by atoms with Crippen molar-refractivity contribution < 1.29 is 0 Å². The van der Waals surface area contributed by atoms with Crippen LogP contribution in [0, 0.1) is 0 Å². The molecule has 2 aliphatic rings. The van der Waals surface area contributed by atoms with E-state index in [-0.39, 0.29) is 10.8 Å². The number of anilines is 3. The summed E-state index contributed by atoms with van der Waals surface area (Å²) in [6, 6.07) is 79.2. The maximum Gasteiger partial charge on any atom is 0.0465 e. The number of fused-ring (bicyclic) bond motifs is 6. The van der Waals surface area contributed by atoms with E-state index in [0.717, 1.165) is 37.1 Å². The van der Waals surface area contributed by atoms with Crippen molar-refractivity contribution in [3.05, 3.63) is 235 Å². The largest absolute Gasteiger partial charge is 0.310 e. The standard InChI is InChI=1S/C64H55N/c1-5-63(6-2)58-26-18-25-54(50-23-16-11-17-24-50)62(58)57-43-60-56(42-61(57)63)55-40-39-53(41-59(55)64(60,7-3)8-4)65(51-35-31-48(32-36-51)45-21-14-10-15-22-45)52-37-33-49(34-38-52)47-29-27-46(28-30-47)44-19-12-9-13-20-44/h9-43H,5-8H2,1-4H3. The molecule has 11 rings (SSSR count). The third-order valence-electron chi connectivity index (χ3n) is 15.3. The first kappa shape index (κ1) is 40.5. The molecule has 1 heteroatoms. The van der Waals surface area contributed by atoms with Gasteiger partial charge in [-0.25, -0.2) is 0 Å². The average molecular weight is 838 g/mol. The summed E-state index contributed by atoms with van der Waals surface area (Å²) in [6.07, 6.45) is 4.17. The van der Waals surface area contributed by atoms with Crippen molar-refractivity contribution in [2.24, 2.45) is 0 Å². The van der Waals surface area contributed by atoms with Gasteiger partial charge in [0.1, 0.15) is 0 Å². The minimum atomic E-state index is -0.125. The second-order valence-electron chi connectivity index (χ2n) is 18.1. The molecule has 0 spiro atoms. The monoisotopic (exact) mass is 837 g/mol. The average Bonchev–Trinajstić information content (AvgIpc) is 3.82. The van der Waals surface area contributed by atoms with E-state index in [4.69, 9.17) is 0 Å². The third kappa shape index (κ3) is 6.51. The fraction of sp³-hybridized carbons (Fsp3) is 0.156. The van der Waals surface area contributed by atoms with Crippen molar-refractivity contribution in [2.75, 3.05) is 4.90 Å². The highest BCUT2D eigenvalue weighted by Crippen LogP contribution is 2.61. The Balaban J connectivity index is 1.04. The molecule has 0 bridgehead atoms. The predicted molar refractivity (Wildman–Crippen MR) is 276 cm³/mol. The lowest BCUT2D eigenvalue weighted by Crippen LogP contribution is -2.25. The summed E-state index contributed by atoms with van der Waals surface area (Å²) >= 11 is 0. The quantitative estimate of drug-likeness (QED) is 0.125. The predicted octanol–water partition coefficient (Wildman–Crippen LogP) is 18.0. The summed E-state index contributed by atoms with van der Waals surface area (Å²) < 4.78 is 0. The van der Waals surface area contributed by atoms with Gasteiger partial charge in [0.2, 0.25) is 0 Å². The first-order chi connectivity index (χ1) is 32.0. The molecule has 0 radical (unpaired) electrons. The summed E-state index contributed by atoms with van der Waals surface area (Å²) in [5.74, 6) is 0. The zero-order valence-electron chi connectivity index (χ0n) is 38.0. The van der Waals surface area contributed by atoms with Gasteiger partial charge in [-0.05, 0) is 163 Å². The Morgan fingerprint density at radius 1 is 0.277 bits per heavy atom. The van der Waals surface area contributed by atoms with Crippen molar-refractivity contribution in [1.82, 2.24) is 0 Å². The summed E-state index contributed by atoms with van der Waals surface area (Å²) in [7, 11) is 0. The molecule has 0 saturated heterocycles. The van der Waals surface area contributed by atoms with Crippen LogP contribution in [0.2, 0.25) is 0 Å². The van der Waals surface area contributed by atoms with Crippen molar-refractivity contribution in [2.45, 2.75) is 64.2 Å². The smallest absolute Gasteiger partial charge is 0.0465 e. The van der Waals surface area contributed by atoms with Crippen LogP contribution in [0.4, 0.5) is 17.1 Å². The van der Waals surface area contributed by atoms with Gasteiger partial charge in [0.05, 0.1) is 0 Å². The van der Waals surface area contributed by atoms with Crippen LogP contribution in [0.25, 0.3) is 66.8 Å². The maximum atomic E-state index is 2.64. The molecule has 1 nitrogen and oxygen atoms in total. The molecule has 0 N–H and O–H groups in total. The maximum absolute atomic E-state index is 2.64. The van der Waals surface area contributed by atoms with Crippen molar-refractivity contribution in [3.8, 4) is 66.8 Å². The first-order valence-electron chi connectivity index (χ1n) is 23.7. The van der Waals surface area contributed by atoms with Crippen molar-refractivity contribution in [3.63, 3.8) is 0 Å². The molecule has 0 amide bonds. The Hall–Kier alpha value is -7.22. The Labute approximate surface area is 385 Å². The zero-order valence-corrected chi connectivity index (χ0v) is 38.0. The van der Waals surface area contributed by atoms with Crippen LogP contribution in [0.3, 0.4) is 0 Å². The number of hydrogen-bond acceptors (Lipinski definition) is 1. The number of nitrogens with zero attached hydrogens (tertiary/aromatic N) is 1. The van der Waals surface area contributed by atoms with E-state index in [1.165, 1.54) is 94.7 Å². The highest BCUT2D eigenvalue weighted by atomic mass is 15.1. The van der Waals surface area contributed by atoms with Crippen molar-refractivity contribution in [1.29, 1.82) is 0 Å². The molecule has 0 atom stereocenters. The van der Waals surface area contributed by atoms with E-state index in [0.29, 0.717) is 0 Å². The van der Waals surface area contributed by atoms with E-state index in [1.54, 1.807) is 0 Å². The van der Waals surface area contributed by atoms with E-state index in [9.17, 15) is 0 Å². The highest BCUT2D eigenvalue weighted by molar-refractivity contribution is 5.97. The lowest BCUT2D eigenvalue weighted by atomic mass is 9.71. The van der Waals surface area contributed by atoms with E-state index < -0.39 is 0 Å². The molecular formula is C64H55N. The Morgan fingerprint density at radius 3 is 1.15 bits per heavy atom. The van der Waals surface area contributed by atoms with Gasteiger partial charge in [-0.15, -0.1) is 0 Å². The van der Waals surface area contributed by atoms with Crippen LogP contribution >= 0.6 is 0 Å². The van der Waals surface area contributed by atoms with E-state index >= 15 is 0 Å². The Bertz CT molecular complexity index is 3140. The van der Waals surface area contributed by atoms with Gasteiger partial charge in [-0.1, -0.05) is 191 Å². The number of benzene rings is 9. The molecule has 0 unspecified atom stereocenters. The molecule has 0 aromatic heterocycles. The SMILES string of the molecule is CCC1(CC)c2cc(N(c3ccc(-c4ccccc4)cc3)c3ccc(-c4ccc(-c5ccccc5)cc4)cc3)ccc2-c2cc3c(cc21)-c1c(-c2ccccc2)cccc1C3(CC)CC. The Morgan fingerprint density at radius 2 is 0.662 bits per heavy atom. The number of rotatable bonds is 11. The molecule has 2 aliphatic carbocycles. The second kappa shape index (κ2) is 16.4. The summed E-state index contributed by atoms with van der Waals surface area (Å²) in [4.78, 5) is 2.46. The minimum Gasteiger partial charge on any atom is -0.310 e. The molecule has 0 saturated carbocycles. The molecule has 0 fully saturated rings. The van der Waals surface area contributed by atoms with Gasteiger partial charge in [-0.3, -0.25) is 0 Å². The van der Waals surface area contributed by atoms with Crippen LogP contribution < -0.4 is 4.90 Å². The van der Waals surface area contributed by atoms with E-state index in [1.807, 2.05) is 0 Å². The van der Waals surface area contributed by atoms with Crippen LogP contribution in [-0.2, 0) is 10.8 Å². The van der Waals surface area contributed by atoms with Crippen molar-refractivity contribution >= 4 is 17.1 Å². The van der Waals surface area contributed by atoms with Crippen LogP contribution in [0.5, 0.6) is 0 Å². The summed E-state index contributed by atoms with van der Waals surface area (Å²) in [6.45, 7) is 9.59. The zero-order chi connectivity index (χ0) is 44.1. The lowest BCUT2D eigenvalue weighted by molar-refractivity contribution is 0.485. The van der Waals surface area contributed by atoms with Gasteiger partial charge < -0.3 is 4.90 Å². The summed E-state index contributed by atoms with van der Waals surface area (Å²) in [5.41, 5.74) is 24.8. The molecule has 0 aliphatic heterocycles. The molecular weight excluding hydrogens is 783 g/mol. The van der Waals surface area contributed by atoms with Gasteiger partial charge in [0.25, 0.3) is 0 Å². The van der Waals surface area contributed by atoms with E-state index in [2.05, 4.69) is 245 Å². The van der Waals surface area contributed by atoms with Crippen LogP contribution in [-0.4, -0.2) is 0 Å². The van der Waals surface area contributed by atoms with Gasteiger partial charge in [-0.2, -0.15) is 0 Å². The second-order valence-corrected chi connectivity index (χ2v) is 18.1. The Kier molecular flexibility index (Phi) is 10.2. The fourth-order valence-electron chi connectivity index (χ4n) is 11.7. The minimum absolute atomic E-state index is 0.0346. The normalized spacial score (nSPS) is 13.7. The van der Waals surface area contributed by atoms with Gasteiger partial charge in [0.15, 0.2) is 0 Å². The molecule has 9 aromatic rings. The molecule has 9 aromatic carbocycles. The number of hydrogen-bond donors (Lipinski definition) is 0. The van der Waals surface area contributed by atoms with Gasteiger partial charge in [0, 0.05) is 27.9 Å². The molecule has 0 heterocycles. The topological polar surface area (TPSA) is 3.24 Å². The summed E-state index contributed by atoms with van der Waals surface area (Å²) in [5, 5.41) is 0. The third-order valence-corrected chi connectivity index (χ3v) is 15.3. The highest BCUT2D eigenvalue weighted by Gasteiger charge is 2.47. The fourth-order valence-corrected chi connectivity index (χ4v) is 11.7. The van der Waals surface area contributed by atoms with Gasteiger partial charge >= 0.3 is 0 Å². The van der Waals surface area contributed by atoms with Crippen LogP contribution in [0.15, 0.2) is 212 Å². The first-order valence-corrected chi connectivity index (χ1v) is 23.7.